The molecule has 3 rings (SSSR count). The van der Waals surface area contributed by atoms with Crippen molar-refractivity contribution in [3.05, 3.63) is 41.2 Å². The van der Waals surface area contributed by atoms with Crippen LogP contribution in [0.3, 0.4) is 0 Å². The van der Waals surface area contributed by atoms with Crippen LogP contribution in [0.5, 0.6) is 34.5 Å². The van der Waals surface area contributed by atoms with Crippen molar-refractivity contribution in [2.24, 2.45) is 0 Å². The Labute approximate surface area is 142 Å². The average molecular weight is 348 g/mol. The van der Waals surface area contributed by atoms with Gasteiger partial charge in [0.15, 0.2) is 17.3 Å². The van der Waals surface area contributed by atoms with E-state index in [9.17, 15) is 25.5 Å². The summed E-state index contributed by atoms with van der Waals surface area (Å²) in [5, 5.41) is 50.6. The predicted octanol–water partition coefficient (Wildman–Crippen LogP) is 1.96. The van der Waals surface area contributed by atoms with Crippen LogP contribution in [0.2, 0.25) is 0 Å². The van der Waals surface area contributed by atoms with E-state index < -0.39 is 11.5 Å². The molecule has 0 saturated carbocycles. The maximum absolute atomic E-state index is 10.9. The zero-order valence-corrected chi connectivity index (χ0v) is 13.3. The Morgan fingerprint density at radius 2 is 1.52 bits per heavy atom. The molecular formula is C17H16O8. The molecule has 0 fully saturated rings. The van der Waals surface area contributed by atoms with Crippen LogP contribution in [0, 0.1) is 0 Å². The summed E-state index contributed by atoms with van der Waals surface area (Å²) < 4.78 is 15.5. The van der Waals surface area contributed by atoms with Gasteiger partial charge in [0.05, 0.1) is 19.8 Å². The summed E-state index contributed by atoms with van der Waals surface area (Å²) in [6, 6.07) is 4.77. The standard InChI is InChI=1S/C17H16O8/c1-23-13-3-8(4-14(24-2)16(13)21)17(22)15(20)7-10-11(19)5-9(18)6-12(10)25-17/h3-7,18-22H,1-2H3. The van der Waals surface area contributed by atoms with Crippen molar-refractivity contribution in [1.82, 2.24) is 0 Å². The lowest BCUT2D eigenvalue weighted by molar-refractivity contribution is -0.139. The quantitative estimate of drug-likeness (QED) is 0.569. The molecule has 0 aromatic heterocycles. The highest BCUT2D eigenvalue weighted by Gasteiger charge is 2.42. The van der Waals surface area contributed by atoms with Gasteiger partial charge in [0, 0.05) is 17.7 Å². The Morgan fingerprint density at radius 1 is 0.920 bits per heavy atom. The van der Waals surface area contributed by atoms with E-state index in [4.69, 9.17) is 14.2 Å². The topological polar surface area (TPSA) is 129 Å². The Morgan fingerprint density at radius 3 is 2.08 bits per heavy atom. The molecule has 1 heterocycles. The number of methoxy groups -OCH3 is 2. The fourth-order valence-corrected chi connectivity index (χ4v) is 2.57. The number of fused-ring (bicyclic) bond motifs is 1. The van der Waals surface area contributed by atoms with E-state index in [-0.39, 0.29) is 45.6 Å². The monoisotopic (exact) mass is 348 g/mol. The summed E-state index contributed by atoms with van der Waals surface area (Å²) in [7, 11) is 2.62. The van der Waals surface area contributed by atoms with E-state index in [1.165, 1.54) is 32.4 Å². The Bertz CT molecular complexity index is 848. The molecule has 1 aliphatic heterocycles. The first-order valence-electron chi connectivity index (χ1n) is 7.14. The molecular weight excluding hydrogens is 332 g/mol. The molecule has 1 unspecified atom stereocenters. The predicted molar refractivity (Wildman–Crippen MR) is 86.1 cm³/mol. The van der Waals surface area contributed by atoms with Gasteiger partial charge >= 0.3 is 0 Å². The van der Waals surface area contributed by atoms with E-state index in [0.29, 0.717) is 0 Å². The second-order valence-electron chi connectivity index (χ2n) is 5.38. The van der Waals surface area contributed by atoms with Gasteiger partial charge in [-0.1, -0.05) is 0 Å². The number of hydrogen-bond acceptors (Lipinski definition) is 8. The summed E-state index contributed by atoms with van der Waals surface area (Å²) in [6.45, 7) is 0. The summed E-state index contributed by atoms with van der Waals surface area (Å²) in [4.78, 5) is 0. The van der Waals surface area contributed by atoms with E-state index in [1.807, 2.05) is 0 Å². The van der Waals surface area contributed by atoms with Crippen molar-refractivity contribution < 1.29 is 39.7 Å². The minimum Gasteiger partial charge on any atom is -0.508 e. The maximum atomic E-state index is 10.9. The SMILES string of the molecule is COc1cc(C2(O)Oc3cc(O)cc(O)c3C=C2O)cc(OC)c1O. The molecule has 0 radical (unpaired) electrons. The zero-order valence-electron chi connectivity index (χ0n) is 13.3. The van der Waals surface area contributed by atoms with Gasteiger partial charge in [0.1, 0.15) is 17.2 Å². The minimum absolute atomic E-state index is 0.00114. The molecule has 1 atom stereocenters. The van der Waals surface area contributed by atoms with Crippen LogP contribution >= 0.6 is 0 Å². The van der Waals surface area contributed by atoms with Crippen LogP contribution < -0.4 is 14.2 Å². The van der Waals surface area contributed by atoms with Crippen LogP contribution in [-0.4, -0.2) is 39.8 Å². The van der Waals surface area contributed by atoms with Crippen molar-refractivity contribution in [2.45, 2.75) is 5.79 Å². The van der Waals surface area contributed by atoms with Crippen LogP contribution in [0.1, 0.15) is 11.1 Å². The number of benzene rings is 2. The number of aromatic hydroxyl groups is 3. The van der Waals surface area contributed by atoms with Crippen molar-refractivity contribution in [1.29, 1.82) is 0 Å². The second kappa shape index (κ2) is 5.67. The number of phenolic OH excluding ortho intramolecular Hbond substituents is 3. The van der Waals surface area contributed by atoms with Crippen molar-refractivity contribution in [2.75, 3.05) is 14.2 Å². The second-order valence-corrected chi connectivity index (χ2v) is 5.38. The summed E-state index contributed by atoms with van der Waals surface area (Å²) in [5.74, 6) is -3.93. The molecule has 2 aromatic carbocycles. The molecule has 2 aromatic rings. The molecule has 0 amide bonds. The number of rotatable bonds is 3. The first-order valence-corrected chi connectivity index (χ1v) is 7.14. The first-order chi connectivity index (χ1) is 11.8. The van der Waals surface area contributed by atoms with Gasteiger partial charge in [0.2, 0.25) is 5.75 Å². The van der Waals surface area contributed by atoms with E-state index in [2.05, 4.69) is 0 Å². The van der Waals surface area contributed by atoms with Gasteiger partial charge < -0.3 is 39.7 Å². The summed E-state index contributed by atoms with van der Waals surface area (Å²) in [6.07, 6.45) is 1.11. The number of hydrogen-bond donors (Lipinski definition) is 5. The van der Waals surface area contributed by atoms with Gasteiger partial charge in [-0.2, -0.15) is 0 Å². The van der Waals surface area contributed by atoms with Gasteiger partial charge in [-0.3, -0.25) is 0 Å². The number of phenols is 3. The van der Waals surface area contributed by atoms with E-state index in [1.54, 1.807) is 0 Å². The molecule has 8 nitrogen and oxygen atoms in total. The third-order valence-corrected chi connectivity index (χ3v) is 3.86. The Balaban J connectivity index is 2.18. The molecule has 0 bridgehead atoms. The number of ether oxygens (including phenoxy) is 3. The van der Waals surface area contributed by atoms with Gasteiger partial charge in [-0.15, -0.1) is 0 Å². The third-order valence-electron chi connectivity index (χ3n) is 3.86. The molecule has 0 spiro atoms. The minimum atomic E-state index is -2.35. The highest BCUT2D eigenvalue weighted by Crippen LogP contribution is 2.47. The normalized spacial score (nSPS) is 18.8. The van der Waals surface area contributed by atoms with Crippen molar-refractivity contribution in [3.8, 4) is 34.5 Å². The smallest absolute Gasteiger partial charge is 0.294 e. The lowest BCUT2D eigenvalue weighted by Crippen LogP contribution is -2.37. The number of aliphatic hydroxyl groups excluding tert-OH is 1. The van der Waals surface area contributed by atoms with Crippen LogP contribution in [0.15, 0.2) is 30.0 Å². The molecule has 0 aliphatic carbocycles. The van der Waals surface area contributed by atoms with Gasteiger partial charge in [-0.25, -0.2) is 0 Å². The van der Waals surface area contributed by atoms with Gasteiger partial charge in [-0.05, 0) is 18.2 Å². The van der Waals surface area contributed by atoms with Crippen LogP contribution in [0.25, 0.3) is 6.08 Å². The number of aliphatic hydroxyl groups is 2. The average Bonchev–Trinajstić information content (AvgIpc) is 2.56. The molecule has 5 N–H and O–H groups in total. The lowest BCUT2D eigenvalue weighted by Gasteiger charge is -2.33. The van der Waals surface area contributed by atoms with Crippen LogP contribution in [-0.2, 0) is 5.79 Å². The molecule has 0 saturated heterocycles. The van der Waals surface area contributed by atoms with Gasteiger partial charge in [0.25, 0.3) is 5.79 Å². The zero-order chi connectivity index (χ0) is 18.4. The largest absolute Gasteiger partial charge is 0.508 e. The Kier molecular flexibility index (Phi) is 3.77. The Hall–Kier alpha value is -3.26. The van der Waals surface area contributed by atoms with E-state index >= 15 is 0 Å². The van der Waals surface area contributed by atoms with Crippen molar-refractivity contribution in [3.63, 3.8) is 0 Å². The third kappa shape index (κ3) is 2.52. The molecule has 1 aliphatic rings. The van der Waals surface area contributed by atoms with E-state index in [0.717, 1.165) is 12.1 Å². The fourth-order valence-electron chi connectivity index (χ4n) is 2.57. The summed E-state index contributed by atoms with van der Waals surface area (Å²) >= 11 is 0. The highest BCUT2D eigenvalue weighted by atomic mass is 16.6. The highest BCUT2D eigenvalue weighted by molar-refractivity contribution is 5.70. The maximum Gasteiger partial charge on any atom is 0.294 e. The fraction of sp³-hybridized carbons (Fsp3) is 0.176. The molecule has 132 valence electrons. The lowest BCUT2D eigenvalue weighted by atomic mass is 9.97. The molecule has 8 heteroatoms. The first kappa shape index (κ1) is 16.6. The summed E-state index contributed by atoms with van der Waals surface area (Å²) in [5.41, 5.74) is 0.0962. The molecule has 25 heavy (non-hydrogen) atoms. The van der Waals surface area contributed by atoms with Crippen LogP contribution in [0.4, 0.5) is 0 Å². The van der Waals surface area contributed by atoms with Crippen molar-refractivity contribution >= 4 is 6.08 Å².